The largest absolute Gasteiger partial charge is 0.497 e. The van der Waals surface area contributed by atoms with Gasteiger partial charge in [0.2, 0.25) is 0 Å². The van der Waals surface area contributed by atoms with Gasteiger partial charge in [0, 0.05) is 5.69 Å². The van der Waals surface area contributed by atoms with Crippen LogP contribution in [0.4, 0.5) is 15.8 Å². The summed E-state index contributed by atoms with van der Waals surface area (Å²) in [5.74, 6) is -0.773. The maximum Gasteiger partial charge on any atom is 0.282 e. The molecule has 1 heterocycles. The molecule has 5 nitrogen and oxygen atoms in total. The Morgan fingerprint density at radius 1 is 0.862 bits per heavy atom. The Morgan fingerprint density at radius 2 is 1.59 bits per heavy atom. The number of methoxy groups -OCH3 is 1. The van der Waals surface area contributed by atoms with Gasteiger partial charge in [-0.05, 0) is 48.0 Å². The number of benzene rings is 3. The van der Waals surface area contributed by atoms with Crippen LogP contribution in [0.1, 0.15) is 5.56 Å². The van der Waals surface area contributed by atoms with E-state index in [1.54, 1.807) is 67.8 Å². The molecule has 0 radical (unpaired) electrons. The van der Waals surface area contributed by atoms with E-state index in [0.29, 0.717) is 22.7 Å². The number of imide groups is 1. The average Bonchev–Trinajstić information content (AvgIpc) is 2.98. The third-order valence-electron chi connectivity index (χ3n) is 4.57. The van der Waals surface area contributed by atoms with Crippen LogP contribution in [-0.2, 0) is 9.59 Å². The fraction of sp³-hybridized carbons (Fsp3) is 0.0435. The highest BCUT2D eigenvalue weighted by Crippen LogP contribution is 2.34. The zero-order valence-electron chi connectivity index (χ0n) is 15.6. The number of carbonyl (C=O) groups excluding carboxylic acids is 2. The van der Waals surface area contributed by atoms with Gasteiger partial charge in [0.15, 0.2) is 0 Å². The molecule has 0 unspecified atom stereocenters. The number of rotatable bonds is 5. The summed E-state index contributed by atoms with van der Waals surface area (Å²) in [6.07, 6.45) is 0. The van der Waals surface area contributed by atoms with Crippen LogP contribution < -0.4 is 15.0 Å². The average molecular weight is 388 g/mol. The standard InChI is InChI=1S/C23H17FN2O3/c1-29-19-12-10-15(11-13-19)20-21(25-17-7-5-6-16(24)14-17)23(28)26(22(20)27)18-8-3-2-4-9-18/h2-14,25H,1H3. The van der Waals surface area contributed by atoms with E-state index in [2.05, 4.69) is 5.32 Å². The SMILES string of the molecule is COc1ccc(C2=C(Nc3cccc(F)c3)C(=O)N(c3ccccc3)C2=O)cc1. The van der Waals surface area contributed by atoms with Crippen molar-refractivity contribution in [2.45, 2.75) is 0 Å². The van der Waals surface area contributed by atoms with Gasteiger partial charge >= 0.3 is 0 Å². The summed E-state index contributed by atoms with van der Waals surface area (Å²) in [5, 5.41) is 2.94. The Kier molecular flexibility index (Phi) is 4.83. The number of nitrogens with zero attached hydrogens (tertiary/aromatic N) is 1. The molecule has 1 aliphatic rings. The molecular formula is C23H17FN2O3. The van der Waals surface area contributed by atoms with Crippen molar-refractivity contribution in [2.75, 3.05) is 17.3 Å². The molecule has 0 saturated heterocycles. The molecule has 144 valence electrons. The molecule has 1 N–H and O–H groups in total. The van der Waals surface area contributed by atoms with Crippen LogP contribution >= 0.6 is 0 Å². The number of para-hydroxylation sites is 1. The van der Waals surface area contributed by atoms with Crippen LogP contribution in [0.3, 0.4) is 0 Å². The molecular weight excluding hydrogens is 371 g/mol. The molecule has 1 aliphatic heterocycles. The first-order chi connectivity index (χ1) is 14.1. The van der Waals surface area contributed by atoms with Crippen LogP contribution in [0.15, 0.2) is 84.6 Å². The lowest BCUT2D eigenvalue weighted by Crippen LogP contribution is -2.32. The second-order valence-electron chi connectivity index (χ2n) is 6.40. The molecule has 0 saturated carbocycles. The highest BCUT2D eigenvalue weighted by Gasteiger charge is 2.40. The van der Waals surface area contributed by atoms with Crippen LogP contribution in [0.5, 0.6) is 5.75 Å². The van der Waals surface area contributed by atoms with E-state index in [9.17, 15) is 14.0 Å². The summed E-state index contributed by atoms with van der Waals surface area (Å²) in [6.45, 7) is 0. The molecule has 2 amide bonds. The quantitative estimate of drug-likeness (QED) is 0.665. The molecule has 3 aromatic rings. The van der Waals surface area contributed by atoms with Gasteiger partial charge in [-0.25, -0.2) is 9.29 Å². The van der Waals surface area contributed by atoms with E-state index in [0.717, 1.165) is 4.90 Å². The molecule has 0 aromatic heterocycles. The predicted molar refractivity (Wildman–Crippen MR) is 109 cm³/mol. The summed E-state index contributed by atoms with van der Waals surface area (Å²) in [7, 11) is 1.55. The number of ether oxygens (including phenoxy) is 1. The molecule has 6 heteroatoms. The van der Waals surface area contributed by atoms with Gasteiger partial charge in [-0.15, -0.1) is 0 Å². The van der Waals surface area contributed by atoms with Crippen molar-refractivity contribution in [1.29, 1.82) is 0 Å². The lowest BCUT2D eigenvalue weighted by atomic mass is 10.0. The number of anilines is 2. The monoisotopic (exact) mass is 388 g/mol. The van der Waals surface area contributed by atoms with E-state index in [-0.39, 0.29) is 11.3 Å². The minimum absolute atomic E-state index is 0.0922. The molecule has 0 aliphatic carbocycles. The normalized spacial score (nSPS) is 13.8. The van der Waals surface area contributed by atoms with Crippen molar-refractivity contribution in [3.8, 4) is 5.75 Å². The van der Waals surface area contributed by atoms with Crippen molar-refractivity contribution >= 4 is 28.8 Å². The zero-order chi connectivity index (χ0) is 20.4. The summed E-state index contributed by atoms with van der Waals surface area (Å²) < 4.78 is 18.8. The second kappa shape index (κ2) is 7.59. The lowest BCUT2D eigenvalue weighted by Gasteiger charge is -2.15. The van der Waals surface area contributed by atoms with Crippen LogP contribution in [-0.4, -0.2) is 18.9 Å². The van der Waals surface area contributed by atoms with Gasteiger partial charge in [-0.2, -0.15) is 0 Å². The topological polar surface area (TPSA) is 58.6 Å². The Hall–Kier alpha value is -3.93. The van der Waals surface area contributed by atoms with Gasteiger partial charge in [0.05, 0.1) is 18.4 Å². The van der Waals surface area contributed by atoms with Crippen LogP contribution in [0.25, 0.3) is 5.57 Å². The van der Waals surface area contributed by atoms with E-state index < -0.39 is 17.6 Å². The zero-order valence-corrected chi connectivity index (χ0v) is 15.6. The maximum atomic E-state index is 13.6. The van der Waals surface area contributed by atoms with Crippen LogP contribution in [0.2, 0.25) is 0 Å². The molecule has 0 bridgehead atoms. The molecule has 0 fully saturated rings. The Balaban J connectivity index is 1.82. The Bertz CT molecular complexity index is 1110. The van der Waals surface area contributed by atoms with Crippen molar-refractivity contribution in [1.82, 2.24) is 0 Å². The summed E-state index contributed by atoms with van der Waals surface area (Å²) in [5.41, 5.74) is 1.70. The summed E-state index contributed by atoms with van der Waals surface area (Å²) in [6, 6.07) is 21.3. The van der Waals surface area contributed by atoms with Gasteiger partial charge in [0.25, 0.3) is 11.8 Å². The first kappa shape index (κ1) is 18.4. The number of hydrogen-bond donors (Lipinski definition) is 1. The number of nitrogens with one attached hydrogen (secondary N) is 1. The minimum atomic E-state index is -0.503. The Labute approximate surface area is 167 Å². The van der Waals surface area contributed by atoms with Crippen molar-refractivity contribution in [3.63, 3.8) is 0 Å². The third kappa shape index (κ3) is 3.48. The fourth-order valence-corrected chi connectivity index (χ4v) is 3.19. The van der Waals surface area contributed by atoms with Gasteiger partial charge in [0.1, 0.15) is 17.3 Å². The fourth-order valence-electron chi connectivity index (χ4n) is 3.19. The predicted octanol–water partition coefficient (Wildman–Crippen LogP) is 4.23. The van der Waals surface area contributed by atoms with Gasteiger partial charge in [-0.1, -0.05) is 36.4 Å². The van der Waals surface area contributed by atoms with Crippen molar-refractivity contribution in [3.05, 3.63) is 95.9 Å². The molecule has 0 spiro atoms. The van der Waals surface area contributed by atoms with Gasteiger partial charge in [-0.3, -0.25) is 9.59 Å². The minimum Gasteiger partial charge on any atom is -0.497 e. The second-order valence-corrected chi connectivity index (χ2v) is 6.40. The summed E-state index contributed by atoms with van der Waals surface area (Å²) in [4.78, 5) is 27.5. The van der Waals surface area contributed by atoms with E-state index in [1.165, 1.54) is 18.2 Å². The van der Waals surface area contributed by atoms with E-state index >= 15 is 0 Å². The summed E-state index contributed by atoms with van der Waals surface area (Å²) >= 11 is 0. The maximum absolute atomic E-state index is 13.6. The van der Waals surface area contributed by atoms with E-state index in [1.807, 2.05) is 0 Å². The number of hydrogen-bond acceptors (Lipinski definition) is 4. The number of halogens is 1. The Morgan fingerprint density at radius 3 is 2.24 bits per heavy atom. The lowest BCUT2D eigenvalue weighted by molar-refractivity contribution is -0.120. The molecule has 29 heavy (non-hydrogen) atoms. The molecule has 0 atom stereocenters. The molecule has 4 rings (SSSR count). The van der Waals surface area contributed by atoms with Crippen molar-refractivity contribution in [2.24, 2.45) is 0 Å². The first-order valence-corrected chi connectivity index (χ1v) is 8.93. The smallest absolute Gasteiger partial charge is 0.282 e. The number of carbonyl (C=O) groups is 2. The van der Waals surface area contributed by atoms with Crippen molar-refractivity contribution < 1.29 is 18.7 Å². The third-order valence-corrected chi connectivity index (χ3v) is 4.57. The van der Waals surface area contributed by atoms with Gasteiger partial charge < -0.3 is 10.1 Å². The van der Waals surface area contributed by atoms with Crippen LogP contribution in [0, 0.1) is 5.82 Å². The highest BCUT2D eigenvalue weighted by atomic mass is 19.1. The highest BCUT2D eigenvalue weighted by molar-refractivity contribution is 6.46. The molecule has 3 aromatic carbocycles. The first-order valence-electron chi connectivity index (χ1n) is 8.93. The van der Waals surface area contributed by atoms with E-state index in [4.69, 9.17) is 4.74 Å². The number of amides is 2.